The Hall–Kier alpha value is -6.77. The van der Waals surface area contributed by atoms with E-state index in [1.54, 1.807) is 0 Å². The van der Waals surface area contributed by atoms with Gasteiger partial charge in [-0.1, -0.05) is 171 Å². The van der Waals surface area contributed by atoms with Crippen LogP contribution in [0.15, 0.2) is 182 Å². The van der Waals surface area contributed by atoms with Crippen LogP contribution < -0.4 is 0 Å². The van der Waals surface area contributed by atoms with E-state index in [0.29, 0.717) is 28.1 Å². The van der Waals surface area contributed by atoms with Crippen molar-refractivity contribution in [1.29, 1.82) is 0 Å². The highest BCUT2D eigenvalue weighted by atomic mass is 15.1. The minimum atomic E-state index is -0.430. The highest BCUT2D eigenvalue weighted by Crippen LogP contribution is 2.51. The molecule has 0 N–H and O–H groups in total. The van der Waals surface area contributed by atoms with Crippen LogP contribution in [0.3, 0.4) is 0 Å². The largest absolute Gasteiger partial charge is 0.292 e. The summed E-state index contributed by atoms with van der Waals surface area (Å²) in [7, 11) is 0. The zero-order valence-electron chi connectivity index (χ0n) is 37.6. The normalized spacial score (nSPS) is 15.2. The minimum Gasteiger partial charge on any atom is -0.292 e. The van der Waals surface area contributed by atoms with Crippen molar-refractivity contribution in [3.63, 3.8) is 0 Å². The van der Waals surface area contributed by atoms with Crippen molar-refractivity contribution < 1.29 is 11.0 Å². The van der Waals surface area contributed by atoms with Crippen LogP contribution in [0.5, 0.6) is 0 Å². The van der Waals surface area contributed by atoms with E-state index in [1.165, 1.54) is 0 Å². The summed E-state index contributed by atoms with van der Waals surface area (Å²) in [6.07, 6.45) is 0. The third kappa shape index (κ3) is 4.44. The van der Waals surface area contributed by atoms with E-state index < -0.39 is 29.6 Å². The second-order valence-corrected chi connectivity index (χ2v) is 14.5. The summed E-state index contributed by atoms with van der Waals surface area (Å²) in [4.78, 5) is 5.12. The van der Waals surface area contributed by atoms with E-state index in [-0.39, 0.29) is 45.7 Å². The maximum atomic E-state index is 9.48. The average Bonchev–Trinajstić information content (AvgIpc) is 3.79. The third-order valence-corrected chi connectivity index (χ3v) is 11.2. The Bertz CT molecular complexity index is 3500. The number of rotatable bonds is 4. The van der Waals surface area contributed by atoms with Gasteiger partial charge in [-0.15, -0.1) is 0 Å². The molecule has 0 amide bonds. The van der Waals surface area contributed by atoms with Gasteiger partial charge in [-0.3, -0.25) is 4.57 Å². The predicted octanol–water partition coefficient (Wildman–Crippen LogP) is 13.8. The molecule has 0 aliphatic heterocycles. The molecule has 254 valence electrons. The first-order valence-corrected chi connectivity index (χ1v) is 18.2. The number of benzene rings is 9. The van der Waals surface area contributed by atoms with Crippen molar-refractivity contribution in [1.82, 2.24) is 9.55 Å². The summed E-state index contributed by atoms with van der Waals surface area (Å²) in [6.45, 7) is 4.31. The number of fused-ring (bicyclic) bond motifs is 7. The zero-order valence-corrected chi connectivity index (χ0v) is 29.6. The Morgan fingerprint density at radius 1 is 0.500 bits per heavy atom. The van der Waals surface area contributed by atoms with Gasteiger partial charge in [-0.25, -0.2) is 4.98 Å². The molecule has 0 unspecified atom stereocenters. The van der Waals surface area contributed by atoms with E-state index in [1.807, 2.05) is 97.1 Å². The lowest BCUT2D eigenvalue weighted by atomic mass is 9.80. The molecule has 0 saturated heterocycles. The summed E-state index contributed by atoms with van der Waals surface area (Å²) in [5.41, 5.74) is 9.23. The van der Waals surface area contributed by atoms with Crippen LogP contribution in [-0.4, -0.2) is 9.55 Å². The molecule has 1 heterocycles. The smallest absolute Gasteiger partial charge is 0.145 e. The van der Waals surface area contributed by atoms with Crippen molar-refractivity contribution in [3.05, 3.63) is 193 Å². The highest BCUT2D eigenvalue weighted by molar-refractivity contribution is 6.21. The maximum Gasteiger partial charge on any atom is 0.145 e. The van der Waals surface area contributed by atoms with Gasteiger partial charge in [0, 0.05) is 16.4 Å². The molecule has 2 nitrogen and oxygen atoms in total. The Morgan fingerprint density at radius 3 is 1.83 bits per heavy atom. The minimum absolute atomic E-state index is 0.183. The standard InChI is InChI=1S/C52H36N2/c1-52(2)44-22-10-9-17-38(44)39-31-30-36(32-45(39)52)50-42-20-7-5-18-40(42)49(41-19-6-8-21-43(41)50)34-26-28-35(29-27-34)51-53-46-23-11-12-24-48(46)54(51)47-25-13-15-33-14-3-4-16-37(33)47/h3-32H,1-2H3/i5D,6D,7D,8D,18D,19D,20D,21D. The van der Waals surface area contributed by atoms with Crippen LogP contribution in [0.1, 0.15) is 35.9 Å². The van der Waals surface area contributed by atoms with E-state index >= 15 is 0 Å². The zero-order chi connectivity index (χ0) is 42.9. The molecule has 0 spiro atoms. The lowest BCUT2D eigenvalue weighted by molar-refractivity contribution is 0.660. The molecule has 1 aromatic heterocycles. The fourth-order valence-electron chi connectivity index (χ4n) is 8.71. The third-order valence-electron chi connectivity index (χ3n) is 11.2. The molecule has 1 aliphatic rings. The fraction of sp³-hybridized carbons (Fsp3) is 0.0577. The van der Waals surface area contributed by atoms with Crippen LogP contribution in [0.25, 0.3) is 93.8 Å². The average molecular weight is 697 g/mol. The number of aromatic nitrogens is 2. The molecule has 0 atom stereocenters. The molecule has 0 bridgehead atoms. The van der Waals surface area contributed by atoms with Gasteiger partial charge in [0.1, 0.15) is 5.82 Å². The van der Waals surface area contributed by atoms with Crippen molar-refractivity contribution in [2.24, 2.45) is 0 Å². The lowest BCUT2D eigenvalue weighted by Crippen LogP contribution is -2.14. The Morgan fingerprint density at radius 2 is 1.07 bits per heavy atom. The molecule has 2 heteroatoms. The highest BCUT2D eigenvalue weighted by Gasteiger charge is 2.35. The molecule has 1 aliphatic carbocycles. The molecular formula is C52H36N2. The number of para-hydroxylation sites is 2. The molecule has 0 fully saturated rings. The summed E-state index contributed by atoms with van der Waals surface area (Å²) >= 11 is 0. The number of hydrogen-bond donors (Lipinski definition) is 0. The van der Waals surface area contributed by atoms with Crippen molar-refractivity contribution in [2.75, 3.05) is 0 Å². The van der Waals surface area contributed by atoms with Crippen molar-refractivity contribution in [3.8, 4) is 50.5 Å². The van der Waals surface area contributed by atoms with Crippen molar-refractivity contribution >= 4 is 43.4 Å². The molecule has 0 radical (unpaired) electrons. The molecule has 0 saturated carbocycles. The number of hydrogen-bond acceptors (Lipinski definition) is 1. The first-order valence-electron chi connectivity index (χ1n) is 22.2. The molecule has 54 heavy (non-hydrogen) atoms. The topological polar surface area (TPSA) is 17.8 Å². The van der Waals surface area contributed by atoms with Gasteiger partial charge in [-0.05, 0) is 95.7 Å². The SMILES string of the molecule is [2H]c1c([2H])c([2H])c2c(-c3ccc4c(c3)C(C)(C)c3ccccc3-4)c3c([2H])c([2H])c([2H])c([2H])c3c(-c3ccc(-c4nc5ccccc5n4-c4cccc5ccccc45)cc3)c2c1[2H]. The van der Waals surface area contributed by atoms with Gasteiger partial charge in [-0.2, -0.15) is 0 Å². The van der Waals surface area contributed by atoms with Gasteiger partial charge in [0.25, 0.3) is 0 Å². The molecule has 11 rings (SSSR count). The van der Waals surface area contributed by atoms with Crippen LogP contribution in [0, 0.1) is 0 Å². The van der Waals surface area contributed by atoms with Gasteiger partial charge in [0.15, 0.2) is 0 Å². The van der Waals surface area contributed by atoms with Gasteiger partial charge in [0.05, 0.1) is 27.7 Å². The number of imidazole rings is 1. The summed E-state index contributed by atoms with van der Waals surface area (Å²) < 4.78 is 75.7. The van der Waals surface area contributed by atoms with Gasteiger partial charge >= 0.3 is 0 Å². The van der Waals surface area contributed by atoms with Gasteiger partial charge < -0.3 is 0 Å². The van der Waals surface area contributed by atoms with Crippen LogP contribution in [0.4, 0.5) is 0 Å². The summed E-state index contributed by atoms with van der Waals surface area (Å²) in [6, 6.07) is 41.3. The van der Waals surface area contributed by atoms with Crippen LogP contribution in [0.2, 0.25) is 0 Å². The first-order chi connectivity index (χ1) is 29.9. The predicted molar refractivity (Wildman–Crippen MR) is 227 cm³/mol. The second kappa shape index (κ2) is 11.6. The quantitative estimate of drug-likeness (QED) is 0.168. The van der Waals surface area contributed by atoms with Gasteiger partial charge in [0.2, 0.25) is 0 Å². The van der Waals surface area contributed by atoms with E-state index in [4.69, 9.17) is 10.5 Å². The Balaban J connectivity index is 1.21. The first kappa shape index (κ1) is 23.7. The lowest BCUT2D eigenvalue weighted by Gasteiger charge is -2.23. The van der Waals surface area contributed by atoms with Crippen LogP contribution in [-0.2, 0) is 5.41 Å². The monoisotopic (exact) mass is 696 g/mol. The van der Waals surface area contributed by atoms with E-state index in [2.05, 4.69) is 54.8 Å². The summed E-state index contributed by atoms with van der Waals surface area (Å²) in [5, 5.41) is 2.91. The molecule has 9 aromatic carbocycles. The Kier molecular flexibility index (Phi) is 5.10. The van der Waals surface area contributed by atoms with E-state index in [0.717, 1.165) is 55.3 Å². The molecule has 10 aromatic rings. The molecular weight excluding hydrogens is 653 g/mol. The summed E-state index contributed by atoms with van der Waals surface area (Å²) in [5.74, 6) is 0.699. The second-order valence-electron chi connectivity index (χ2n) is 14.5. The van der Waals surface area contributed by atoms with Crippen LogP contribution >= 0.6 is 0 Å². The number of nitrogens with zero attached hydrogens (tertiary/aromatic N) is 2. The maximum absolute atomic E-state index is 9.48. The van der Waals surface area contributed by atoms with E-state index in [9.17, 15) is 5.48 Å². The Labute approximate surface area is 325 Å². The fourth-order valence-corrected chi connectivity index (χ4v) is 8.71. The van der Waals surface area contributed by atoms with Crippen molar-refractivity contribution in [2.45, 2.75) is 19.3 Å².